The Morgan fingerprint density at radius 3 is 2.60 bits per heavy atom. The molecule has 3 aliphatic heterocycles. The van der Waals surface area contributed by atoms with Gasteiger partial charge in [0.05, 0.1) is 18.3 Å². The molecule has 3 amide bonds. The summed E-state index contributed by atoms with van der Waals surface area (Å²) in [5, 5.41) is 17.6. The van der Waals surface area contributed by atoms with Crippen LogP contribution < -0.4 is 5.32 Å². The van der Waals surface area contributed by atoms with Crippen molar-refractivity contribution in [1.82, 2.24) is 29.8 Å². The van der Waals surface area contributed by atoms with Crippen molar-refractivity contribution in [2.24, 2.45) is 0 Å². The van der Waals surface area contributed by atoms with Crippen LogP contribution in [0.4, 0.5) is 0 Å². The van der Waals surface area contributed by atoms with Crippen molar-refractivity contribution < 1.29 is 19.5 Å². The van der Waals surface area contributed by atoms with Gasteiger partial charge in [-0.2, -0.15) is 5.10 Å². The Morgan fingerprint density at radius 1 is 1.11 bits per heavy atom. The van der Waals surface area contributed by atoms with E-state index in [4.69, 9.17) is 6.42 Å². The largest absolute Gasteiger partial charge is 0.369 e. The SMILES string of the molecule is C#Cc1cnn(CCN2CCN(Cc3cccc4c3C(O)N(C3CCC(=O)NC3=O)C4=O)CC2)c1. The topological polar surface area (TPSA) is 111 Å². The summed E-state index contributed by atoms with van der Waals surface area (Å²) in [6.45, 7) is 5.80. The second kappa shape index (κ2) is 9.62. The van der Waals surface area contributed by atoms with Gasteiger partial charge >= 0.3 is 0 Å². The number of nitrogens with one attached hydrogen (secondary N) is 1. The van der Waals surface area contributed by atoms with Crippen LogP contribution in [0.3, 0.4) is 0 Å². The number of rotatable bonds is 6. The van der Waals surface area contributed by atoms with E-state index in [1.807, 2.05) is 23.0 Å². The highest BCUT2D eigenvalue weighted by Crippen LogP contribution is 2.37. The van der Waals surface area contributed by atoms with Crippen molar-refractivity contribution in [1.29, 1.82) is 0 Å². The lowest BCUT2D eigenvalue weighted by atomic mass is 10.0. The van der Waals surface area contributed by atoms with E-state index in [2.05, 4.69) is 26.1 Å². The van der Waals surface area contributed by atoms with E-state index in [1.165, 1.54) is 4.90 Å². The van der Waals surface area contributed by atoms with Gasteiger partial charge in [0.25, 0.3) is 5.91 Å². The summed E-state index contributed by atoms with van der Waals surface area (Å²) in [4.78, 5) is 42.9. The number of fused-ring (bicyclic) bond motifs is 1. The number of terminal acetylenes is 1. The second-order valence-corrected chi connectivity index (χ2v) is 9.19. The number of amides is 3. The van der Waals surface area contributed by atoms with Crippen molar-refractivity contribution in [2.45, 2.75) is 38.2 Å². The van der Waals surface area contributed by atoms with E-state index < -0.39 is 18.2 Å². The zero-order chi connectivity index (χ0) is 24.5. The van der Waals surface area contributed by atoms with Gasteiger partial charge in [-0.1, -0.05) is 18.1 Å². The number of hydrogen-bond acceptors (Lipinski definition) is 7. The van der Waals surface area contributed by atoms with Crippen LogP contribution >= 0.6 is 0 Å². The molecule has 2 fully saturated rings. The molecule has 1 aromatic heterocycles. The Labute approximate surface area is 203 Å². The smallest absolute Gasteiger partial charge is 0.257 e. The minimum Gasteiger partial charge on any atom is -0.369 e. The number of aliphatic hydroxyl groups is 1. The van der Waals surface area contributed by atoms with Crippen LogP contribution in [0.2, 0.25) is 0 Å². The summed E-state index contributed by atoms with van der Waals surface area (Å²) in [6, 6.07) is 4.58. The van der Waals surface area contributed by atoms with Gasteiger partial charge in [0.2, 0.25) is 11.8 Å². The summed E-state index contributed by atoms with van der Waals surface area (Å²) < 4.78 is 1.86. The van der Waals surface area contributed by atoms with E-state index in [0.29, 0.717) is 17.7 Å². The van der Waals surface area contributed by atoms with Crippen LogP contribution in [0.15, 0.2) is 30.6 Å². The quantitative estimate of drug-likeness (QED) is 0.444. The minimum atomic E-state index is -1.21. The molecule has 3 aliphatic rings. The molecule has 2 unspecified atom stereocenters. The Hall–Kier alpha value is -3.52. The molecule has 0 bridgehead atoms. The maximum Gasteiger partial charge on any atom is 0.257 e. The number of benzene rings is 1. The number of carbonyl (C=O) groups is 3. The number of nitrogens with zero attached hydrogens (tertiary/aromatic N) is 5. The lowest BCUT2D eigenvalue weighted by Crippen LogP contribution is -2.53. The van der Waals surface area contributed by atoms with Crippen molar-refractivity contribution in [3.05, 3.63) is 52.8 Å². The average Bonchev–Trinajstić information content (AvgIpc) is 3.42. The zero-order valence-electron chi connectivity index (χ0n) is 19.4. The third-order valence-corrected chi connectivity index (χ3v) is 7.03. The van der Waals surface area contributed by atoms with Crippen molar-refractivity contribution in [2.75, 3.05) is 32.7 Å². The third kappa shape index (κ3) is 4.58. The molecule has 5 rings (SSSR count). The lowest BCUT2D eigenvalue weighted by Gasteiger charge is -2.35. The summed E-state index contributed by atoms with van der Waals surface area (Å²) >= 11 is 0. The molecule has 0 aliphatic carbocycles. The van der Waals surface area contributed by atoms with Gasteiger partial charge in [0.1, 0.15) is 6.04 Å². The van der Waals surface area contributed by atoms with E-state index >= 15 is 0 Å². The monoisotopic (exact) mass is 476 g/mol. The Bertz CT molecular complexity index is 1190. The number of hydrogen-bond donors (Lipinski definition) is 2. The molecule has 0 spiro atoms. The van der Waals surface area contributed by atoms with Crippen LogP contribution in [0.25, 0.3) is 0 Å². The molecule has 35 heavy (non-hydrogen) atoms. The summed E-state index contributed by atoms with van der Waals surface area (Å²) in [7, 11) is 0. The highest BCUT2D eigenvalue weighted by molar-refractivity contribution is 6.05. The molecule has 4 heterocycles. The molecular formula is C25H28N6O4. The Kier molecular flexibility index (Phi) is 6.38. The molecule has 2 saturated heterocycles. The first-order valence-corrected chi connectivity index (χ1v) is 11.8. The molecular weight excluding hydrogens is 448 g/mol. The Balaban J connectivity index is 1.21. The Morgan fingerprint density at radius 2 is 1.89 bits per heavy atom. The summed E-state index contributed by atoms with van der Waals surface area (Å²) in [6.07, 6.45) is 8.11. The predicted molar refractivity (Wildman–Crippen MR) is 126 cm³/mol. The first-order valence-electron chi connectivity index (χ1n) is 11.8. The standard InChI is InChI=1S/C25H28N6O4/c1-2-17-14-26-30(15-17)13-12-28-8-10-29(11-9-28)16-18-4-3-5-19-22(18)25(35)31(24(19)34)20-6-7-21(32)27-23(20)33/h1,3-5,14-15,20,25,35H,6-13,16H2,(H,27,32,33). The number of carbonyl (C=O) groups excluding carboxylic acids is 3. The fourth-order valence-electron chi connectivity index (χ4n) is 5.11. The van der Waals surface area contributed by atoms with Gasteiger partial charge < -0.3 is 5.11 Å². The van der Waals surface area contributed by atoms with E-state index in [9.17, 15) is 19.5 Å². The number of piperidine rings is 1. The number of aliphatic hydroxyl groups excluding tert-OH is 1. The van der Waals surface area contributed by atoms with E-state index in [-0.39, 0.29) is 24.7 Å². The minimum absolute atomic E-state index is 0.145. The average molecular weight is 477 g/mol. The van der Waals surface area contributed by atoms with Crippen LogP contribution in [-0.4, -0.2) is 86.1 Å². The fourth-order valence-corrected chi connectivity index (χ4v) is 5.11. The molecule has 1 aromatic carbocycles. The maximum atomic E-state index is 13.1. The zero-order valence-corrected chi connectivity index (χ0v) is 19.4. The van der Waals surface area contributed by atoms with Gasteiger partial charge in [-0.15, -0.1) is 6.42 Å². The van der Waals surface area contributed by atoms with E-state index in [1.54, 1.807) is 12.3 Å². The fraction of sp³-hybridized carbons (Fsp3) is 0.440. The van der Waals surface area contributed by atoms with Crippen molar-refractivity contribution >= 4 is 17.7 Å². The highest BCUT2D eigenvalue weighted by Gasteiger charge is 2.45. The summed E-state index contributed by atoms with van der Waals surface area (Å²) in [5.41, 5.74) is 2.64. The maximum absolute atomic E-state index is 13.1. The first-order chi connectivity index (χ1) is 16.9. The van der Waals surface area contributed by atoms with Crippen LogP contribution in [-0.2, 0) is 22.7 Å². The van der Waals surface area contributed by atoms with Crippen molar-refractivity contribution in [3.63, 3.8) is 0 Å². The highest BCUT2D eigenvalue weighted by atomic mass is 16.3. The van der Waals surface area contributed by atoms with E-state index in [0.717, 1.165) is 50.4 Å². The molecule has 182 valence electrons. The second-order valence-electron chi connectivity index (χ2n) is 9.19. The number of piperazine rings is 1. The van der Waals surface area contributed by atoms with Gasteiger partial charge in [-0.3, -0.25) is 39.1 Å². The van der Waals surface area contributed by atoms with Gasteiger partial charge in [-0.25, -0.2) is 0 Å². The van der Waals surface area contributed by atoms with Crippen LogP contribution in [0, 0.1) is 12.3 Å². The molecule has 0 saturated carbocycles. The third-order valence-electron chi connectivity index (χ3n) is 7.03. The summed E-state index contributed by atoms with van der Waals surface area (Å²) in [5.74, 6) is 1.32. The number of imide groups is 1. The lowest BCUT2D eigenvalue weighted by molar-refractivity contribution is -0.139. The van der Waals surface area contributed by atoms with Gasteiger partial charge in [0, 0.05) is 63.0 Å². The molecule has 2 aromatic rings. The molecule has 10 nitrogen and oxygen atoms in total. The van der Waals surface area contributed by atoms with Crippen LogP contribution in [0.1, 0.15) is 46.1 Å². The first kappa shape index (κ1) is 23.2. The van der Waals surface area contributed by atoms with Gasteiger partial charge in [0.15, 0.2) is 6.23 Å². The van der Waals surface area contributed by atoms with Crippen molar-refractivity contribution in [3.8, 4) is 12.3 Å². The number of aromatic nitrogens is 2. The molecule has 0 radical (unpaired) electrons. The molecule has 2 atom stereocenters. The van der Waals surface area contributed by atoms with Crippen LogP contribution in [0.5, 0.6) is 0 Å². The van der Waals surface area contributed by atoms with Gasteiger partial charge in [-0.05, 0) is 18.1 Å². The normalized spacial score (nSPS) is 23.3. The molecule has 10 heteroatoms. The molecule has 2 N–H and O–H groups in total. The predicted octanol–water partition coefficient (Wildman–Crippen LogP) is -0.0659.